The average Bonchev–Trinajstić information content (AvgIpc) is 3.18. The quantitative estimate of drug-likeness (QED) is 0.797. The fourth-order valence-corrected chi connectivity index (χ4v) is 5.11. The van der Waals surface area contributed by atoms with E-state index in [0.717, 1.165) is 51.4 Å². The third-order valence-corrected chi connectivity index (χ3v) is 6.12. The van der Waals surface area contributed by atoms with Crippen molar-refractivity contribution in [1.29, 1.82) is 0 Å². The zero-order chi connectivity index (χ0) is 14.2. The molecular formula is C14H24O5S. The molecule has 0 aromatic heterocycles. The molecule has 20 heavy (non-hydrogen) atoms. The van der Waals surface area contributed by atoms with Crippen LogP contribution in [0.25, 0.3) is 0 Å². The number of hydrogen-bond donors (Lipinski definition) is 0. The lowest BCUT2D eigenvalue weighted by Gasteiger charge is -2.40. The molecule has 2 aliphatic carbocycles. The van der Waals surface area contributed by atoms with E-state index in [-0.39, 0.29) is 23.4 Å². The summed E-state index contributed by atoms with van der Waals surface area (Å²) in [5.41, 5.74) is -0.740. The van der Waals surface area contributed by atoms with Crippen LogP contribution in [0.5, 0.6) is 0 Å². The topological polar surface area (TPSA) is 54.0 Å². The molecule has 0 aromatic rings. The van der Waals surface area contributed by atoms with E-state index in [4.69, 9.17) is 17.8 Å². The van der Waals surface area contributed by atoms with Crippen molar-refractivity contribution in [1.82, 2.24) is 0 Å². The number of methoxy groups -OCH3 is 2. The summed E-state index contributed by atoms with van der Waals surface area (Å²) in [5.74, 6) is 0. The van der Waals surface area contributed by atoms with Gasteiger partial charge in [0.1, 0.15) is 12.2 Å². The summed E-state index contributed by atoms with van der Waals surface area (Å²) >= 11 is -1.69. The van der Waals surface area contributed by atoms with Crippen molar-refractivity contribution in [3.63, 3.8) is 0 Å². The Morgan fingerprint density at radius 1 is 0.850 bits per heavy atom. The van der Waals surface area contributed by atoms with E-state index in [2.05, 4.69) is 0 Å². The van der Waals surface area contributed by atoms with E-state index < -0.39 is 11.4 Å². The molecule has 0 aromatic carbocycles. The Labute approximate surface area is 123 Å². The first-order chi connectivity index (χ1) is 9.66. The van der Waals surface area contributed by atoms with Crippen LogP contribution in [-0.4, -0.2) is 41.8 Å². The molecule has 0 unspecified atom stereocenters. The Balaban J connectivity index is 1.90. The minimum atomic E-state index is -1.69. The standard InChI is InChI=1S/C14H24O5S/c1-16-13(7-3-4-8-13)11-12(19-20(15)18-11)14(17-2)9-5-6-10-14/h11-12H,3-10H2,1-2H3/t11-,12-/m1/s1. The minimum absolute atomic E-state index is 0.297. The molecule has 5 nitrogen and oxygen atoms in total. The normalized spacial score (nSPS) is 36.7. The van der Waals surface area contributed by atoms with Crippen molar-refractivity contribution < 1.29 is 22.0 Å². The monoisotopic (exact) mass is 304 g/mol. The third-order valence-electron chi connectivity index (χ3n) is 5.39. The Kier molecular flexibility index (Phi) is 4.21. The molecule has 1 heterocycles. The van der Waals surface area contributed by atoms with Gasteiger partial charge in [-0.3, -0.25) is 8.37 Å². The van der Waals surface area contributed by atoms with Gasteiger partial charge >= 0.3 is 11.4 Å². The maximum atomic E-state index is 11.8. The number of rotatable bonds is 4. The molecule has 2 atom stereocenters. The Morgan fingerprint density at radius 2 is 1.20 bits per heavy atom. The highest BCUT2D eigenvalue weighted by molar-refractivity contribution is 7.75. The van der Waals surface area contributed by atoms with Crippen LogP contribution in [0.3, 0.4) is 0 Å². The van der Waals surface area contributed by atoms with Gasteiger partial charge in [-0.25, -0.2) is 0 Å². The first kappa shape index (κ1) is 14.9. The molecule has 116 valence electrons. The summed E-state index contributed by atoms with van der Waals surface area (Å²) in [6, 6.07) is 0. The van der Waals surface area contributed by atoms with Crippen LogP contribution in [-0.2, 0) is 29.2 Å². The van der Waals surface area contributed by atoms with Gasteiger partial charge in [-0.15, -0.1) is 0 Å². The largest absolute Gasteiger partial charge is 0.375 e. The number of hydrogen-bond acceptors (Lipinski definition) is 5. The lowest BCUT2D eigenvalue weighted by atomic mass is 9.81. The highest BCUT2D eigenvalue weighted by Crippen LogP contribution is 2.48. The summed E-state index contributed by atoms with van der Waals surface area (Å²) in [6.45, 7) is 0. The molecule has 6 heteroatoms. The van der Waals surface area contributed by atoms with E-state index in [0.29, 0.717) is 0 Å². The molecule has 1 aliphatic heterocycles. The van der Waals surface area contributed by atoms with Crippen LogP contribution in [0, 0.1) is 0 Å². The van der Waals surface area contributed by atoms with Crippen molar-refractivity contribution in [2.45, 2.75) is 74.8 Å². The lowest BCUT2D eigenvalue weighted by Crippen LogP contribution is -2.56. The van der Waals surface area contributed by atoms with Crippen LogP contribution in [0.15, 0.2) is 0 Å². The van der Waals surface area contributed by atoms with Crippen molar-refractivity contribution in [2.75, 3.05) is 14.2 Å². The van der Waals surface area contributed by atoms with Gasteiger partial charge in [-0.05, 0) is 25.7 Å². The predicted molar refractivity (Wildman–Crippen MR) is 74.3 cm³/mol. The predicted octanol–water partition coefficient (Wildman–Crippen LogP) is 2.27. The fourth-order valence-electron chi connectivity index (χ4n) is 4.18. The van der Waals surface area contributed by atoms with Crippen molar-refractivity contribution in [3.8, 4) is 0 Å². The summed E-state index contributed by atoms with van der Waals surface area (Å²) in [5, 5.41) is 0. The van der Waals surface area contributed by atoms with Gasteiger partial charge in [0.05, 0.1) is 11.2 Å². The molecule has 0 N–H and O–H groups in total. The van der Waals surface area contributed by atoms with E-state index in [1.165, 1.54) is 0 Å². The summed E-state index contributed by atoms with van der Waals surface area (Å²) in [4.78, 5) is 0. The van der Waals surface area contributed by atoms with Crippen molar-refractivity contribution >= 4 is 11.4 Å². The van der Waals surface area contributed by atoms with Crippen LogP contribution in [0.4, 0.5) is 0 Å². The first-order valence-corrected chi connectivity index (χ1v) is 8.52. The maximum Gasteiger partial charge on any atom is 0.305 e. The smallest absolute Gasteiger partial charge is 0.305 e. The Morgan fingerprint density at radius 3 is 1.50 bits per heavy atom. The second kappa shape index (κ2) is 5.65. The zero-order valence-electron chi connectivity index (χ0n) is 12.3. The highest BCUT2D eigenvalue weighted by atomic mass is 32.2. The summed E-state index contributed by atoms with van der Waals surface area (Å²) in [6.07, 6.45) is 7.62. The molecular weight excluding hydrogens is 280 g/mol. The molecule has 3 rings (SSSR count). The SMILES string of the molecule is COC1([C@@H]2OS(=O)O[C@H]2C2(OC)CCCC2)CCCC1. The molecule has 1 saturated heterocycles. The maximum absolute atomic E-state index is 11.8. The Hall–Kier alpha value is -0.0100. The van der Waals surface area contributed by atoms with E-state index in [1.807, 2.05) is 0 Å². The first-order valence-electron chi connectivity index (χ1n) is 7.52. The third kappa shape index (κ3) is 2.25. The molecule has 0 spiro atoms. The van der Waals surface area contributed by atoms with Crippen LogP contribution >= 0.6 is 0 Å². The zero-order valence-corrected chi connectivity index (χ0v) is 13.1. The van der Waals surface area contributed by atoms with E-state index in [9.17, 15) is 4.21 Å². The summed E-state index contributed by atoms with van der Waals surface area (Å²) in [7, 11) is 3.45. The van der Waals surface area contributed by atoms with Gasteiger partial charge in [-0.2, -0.15) is 4.21 Å². The van der Waals surface area contributed by atoms with Gasteiger partial charge in [0.25, 0.3) is 0 Å². The minimum Gasteiger partial charge on any atom is -0.375 e. The average molecular weight is 304 g/mol. The van der Waals surface area contributed by atoms with E-state index >= 15 is 0 Å². The van der Waals surface area contributed by atoms with Gasteiger partial charge in [-0.1, -0.05) is 25.7 Å². The summed E-state index contributed by atoms with van der Waals surface area (Å²) < 4.78 is 34.8. The van der Waals surface area contributed by atoms with Crippen LogP contribution in [0.1, 0.15) is 51.4 Å². The molecule has 0 radical (unpaired) electrons. The van der Waals surface area contributed by atoms with Crippen LogP contribution < -0.4 is 0 Å². The molecule has 0 amide bonds. The van der Waals surface area contributed by atoms with E-state index in [1.54, 1.807) is 14.2 Å². The van der Waals surface area contributed by atoms with Gasteiger partial charge in [0.15, 0.2) is 0 Å². The highest BCUT2D eigenvalue weighted by Gasteiger charge is 2.59. The van der Waals surface area contributed by atoms with Crippen molar-refractivity contribution in [2.24, 2.45) is 0 Å². The Bertz CT molecular complexity index is 340. The van der Waals surface area contributed by atoms with Gasteiger partial charge in [0.2, 0.25) is 0 Å². The van der Waals surface area contributed by atoms with Crippen LogP contribution in [0.2, 0.25) is 0 Å². The van der Waals surface area contributed by atoms with Crippen molar-refractivity contribution in [3.05, 3.63) is 0 Å². The van der Waals surface area contributed by atoms with Gasteiger partial charge in [0, 0.05) is 14.2 Å². The molecule has 3 aliphatic rings. The molecule has 3 fully saturated rings. The fraction of sp³-hybridized carbons (Fsp3) is 1.00. The van der Waals surface area contributed by atoms with Gasteiger partial charge < -0.3 is 9.47 Å². The second-order valence-electron chi connectivity index (χ2n) is 6.19. The lowest BCUT2D eigenvalue weighted by molar-refractivity contribution is -0.153. The molecule has 2 saturated carbocycles. The number of ether oxygens (including phenoxy) is 2. The molecule has 0 bridgehead atoms. The second-order valence-corrected chi connectivity index (χ2v) is 6.98.